The number of hydrogen-bond acceptors (Lipinski definition) is 0. The van der Waals surface area contributed by atoms with Crippen LogP contribution in [0.15, 0.2) is 0 Å². The topological polar surface area (TPSA) is 16.6 Å². The Kier molecular flexibility index (Phi) is 3.56. The van der Waals surface area contributed by atoms with Crippen molar-refractivity contribution in [2.24, 2.45) is 10.8 Å². The molecule has 0 spiro atoms. The van der Waals surface area contributed by atoms with Crippen LogP contribution in [0, 0.1) is 10.8 Å². The first kappa shape index (κ1) is 11.0. The largest absolute Gasteiger partial charge is 0.345 e. The van der Waals surface area contributed by atoms with Crippen molar-refractivity contribution in [1.29, 1.82) is 0 Å². The molecule has 0 radical (unpaired) electrons. The highest BCUT2D eigenvalue weighted by Crippen LogP contribution is 2.10. The van der Waals surface area contributed by atoms with E-state index in [-0.39, 0.29) is 0 Å². The summed E-state index contributed by atoms with van der Waals surface area (Å²) in [6.45, 7) is 16.2. The lowest BCUT2D eigenvalue weighted by atomic mass is 9.94. The predicted molar refractivity (Wildman–Crippen MR) is 50.6 cm³/mol. The first-order chi connectivity index (χ1) is 4.71. The first-order valence-corrected chi connectivity index (χ1v) is 4.52. The fourth-order valence-electron chi connectivity index (χ4n) is 0.938. The van der Waals surface area contributed by atoms with E-state index in [9.17, 15) is 0 Å². The number of rotatable bonds is 2. The zero-order chi connectivity index (χ0) is 9.12. The summed E-state index contributed by atoms with van der Waals surface area (Å²) >= 11 is 0. The molecule has 68 valence electrons. The van der Waals surface area contributed by atoms with Gasteiger partial charge < -0.3 is 5.32 Å². The molecule has 1 nitrogen and oxygen atoms in total. The first-order valence-electron chi connectivity index (χ1n) is 4.52. The molecule has 0 amide bonds. The molecule has 0 heterocycles. The third-order valence-corrected chi connectivity index (χ3v) is 1.51. The van der Waals surface area contributed by atoms with Crippen molar-refractivity contribution < 1.29 is 5.32 Å². The van der Waals surface area contributed by atoms with Crippen LogP contribution >= 0.6 is 0 Å². The van der Waals surface area contributed by atoms with Gasteiger partial charge in [-0.2, -0.15) is 0 Å². The molecule has 0 atom stereocenters. The van der Waals surface area contributed by atoms with Crippen LogP contribution in [0.1, 0.15) is 41.5 Å². The third kappa shape index (κ3) is 9.96. The molecule has 0 aliphatic carbocycles. The molecule has 0 aromatic heterocycles. The Labute approximate surface area is 71.6 Å². The van der Waals surface area contributed by atoms with Crippen LogP contribution in [0.3, 0.4) is 0 Å². The van der Waals surface area contributed by atoms with Crippen LogP contribution < -0.4 is 5.32 Å². The number of quaternary nitrogens is 1. The lowest BCUT2D eigenvalue weighted by Gasteiger charge is -2.21. The Bertz CT molecular complexity index is 89.0. The van der Waals surface area contributed by atoms with Gasteiger partial charge in [0.15, 0.2) is 0 Å². The van der Waals surface area contributed by atoms with Crippen LogP contribution in [0.5, 0.6) is 0 Å². The van der Waals surface area contributed by atoms with E-state index in [1.165, 1.54) is 13.1 Å². The summed E-state index contributed by atoms with van der Waals surface area (Å²) in [4.78, 5) is 0. The molecule has 0 unspecified atom stereocenters. The van der Waals surface area contributed by atoms with E-state index < -0.39 is 0 Å². The average molecular weight is 158 g/mol. The van der Waals surface area contributed by atoms with Crippen LogP contribution in [0.2, 0.25) is 0 Å². The predicted octanol–water partition coefficient (Wildman–Crippen LogP) is 1.64. The zero-order valence-electron chi connectivity index (χ0n) is 8.99. The number of hydrogen-bond donors (Lipinski definition) is 1. The van der Waals surface area contributed by atoms with Gasteiger partial charge in [0.1, 0.15) is 0 Å². The van der Waals surface area contributed by atoms with Crippen LogP contribution in [-0.2, 0) is 0 Å². The molecule has 0 aliphatic heterocycles. The minimum absolute atomic E-state index is 0.464. The van der Waals surface area contributed by atoms with Crippen molar-refractivity contribution in [3.8, 4) is 0 Å². The summed E-state index contributed by atoms with van der Waals surface area (Å²) in [7, 11) is 0. The second kappa shape index (κ2) is 3.57. The fraction of sp³-hybridized carbons (Fsp3) is 1.00. The molecule has 0 aromatic rings. The highest BCUT2D eigenvalue weighted by atomic mass is 14.9. The third-order valence-electron chi connectivity index (χ3n) is 1.51. The fourth-order valence-corrected chi connectivity index (χ4v) is 0.938. The van der Waals surface area contributed by atoms with Gasteiger partial charge in [0.25, 0.3) is 0 Å². The van der Waals surface area contributed by atoms with E-state index in [0.717, 1.165) is 0 Å². The molecular formula is C10H24N+. The van der Waals surface area contributed by atoms with E-state index >= 15 is 0 Å². The highest BCUT2D eigenvalue weighted by molar-refractivity contribution is 4.59. The monoisotopic (exact) mass is 158 g/mol. The number of nitrogens with two attached hydrogens (primary N) is 1. The maximum absolute atomic E-state index is 2.42. The van der Waals surface area contributed by atoms with E-state index in [4.69, 9.17) is 0 Å². The average Bonchev–Trinajstić information content (AvgIpc) is 1.55. The Hall–Kier alpha value is -0.0400. The summed E-state index contributed by atoms with van der Waals surface area (Å²) in [6, 6.07) is 0. The van der Waals surface area contributed by atoms with Gasteiger partial charge >= 0.3 is 0 Å². The van der Waals surface area contributed by atoms with Crippen molar-refractivity contribution in [2.75, 3.05) is 13.1 Å². The van der Waals surface area contributed by atoms with E-state index in [1.807, 2.05) is 0 Å². The van der Waals surface area contributed by atoms with Crippen molar-refractivity contribution in [3.63, 3.8) is 0 Å². The van der Waals surface area contributed by atoms with Gasteiger partial charge in [-0.15, -0.1) is 0 Å². The zero-order valence-corrected chi connectivity index (χ0v) is 8.99. The van der Waals surface area contributed by atoms with Gasteiger partial charge in [-0.25, -0.2) is 0 Å². The highest BCUT2D eigenvalue weighted by Gasteiger charge is 2.16. The maximum Gasteiger partial charge on any atom is 0.0804 e. The van der Waals surface area contributed by atoms with Crippen LogP contribution in [-0.4, -0.2) is 13.1 Å². The van der Waals surface area contributed by atoms with Gasteiger partial charge in [-0.05, 0) is 0 Å². The van der Waals surface area contributed by atoms with Crippen molar-refractivity contribution in [2.45, 2.75) is 41.5 Å². The summed E-state index contributed by atoms with van der Waals surface area (Å²) in [5.41, 5.74) is 0.927. The molecule has 0 saturated heterocycles. The van der Waals surface area contributed by atoms with Crippen molar-refractivity contribution in [3.05, 3.63) is 0 Å². The minimum atomic E-state index is 0.464. The summed E-state index contributed by atoms with van der Waals surface area (Å²) < 4.78 is 0. The Balaban J connectivity index is 3.44. The molecule has 0 rings (SSSR count). The molecule has 0 aromatic carbocycles. The van der Waals surface area contributed by atoms with Crippen molar-refractivity contribution >= 4 is 0 Å². The molecule has 0 aliphatic rings. The Morgan fingerprint density at radius 3 is 1.18 bits per heavy atom. The van der Waals surface area contributed by atoms with Gasteiger partial charge in [0.05, 0.1) is 13.1 Å². The molecular weight excluding hydrogens is 134 g/mol. The molecule has 1 heteroatoms. The molecule has 0 fully saturated rings. The quantitative estimate of drug-likeness (QED) is 0.629. The second-order valence-corrected chi connectivity index (χ2v) is 5.82. The van der Waals surface area contributed by atoms with Crippen LogP contribution in [0.4, 0.5) is 0 Å². The van der Waals surface area contributed by atoms with E-state index in [2.05, 4.69) is 46.9 Å². The molecule has 0 saturated carbocycles. The lowest BCUT2D eigenvalue weighted by molar-refractivity contribution is -0.674. The smallest absolute Gasteiger partial charge is 0.0804 e. The van der Waals surface area contributed by atoms with E-state index in [0.29, 0.717) is 10.8 Å². The normalized spacial score (nSPS) is 13.6. The summed E-state index contributed by atoms with van der Waals surface area (Å²) in [5, 5.41) is 2.42. The SMILES string of the molecule is CC(C)(C)C[NH2+]CC(C)(C)C. The minimum Gasteiger partial charge on any atom is -0.345 e. The van der Waals surface area contributed by atoms with Gasteiger partial charge in [0.2, 0.25) is 0 Å². The standard InChI is InChI=1S/C10H23N/c1-9(2,3)7-11-8-10(4,5)6/h11H,7-8H2,1-6H3/p+1. The van der Waals surface area contributed by atoms with Crippen LogP contribution in [0.25, 0.3) is 0 Å². The Morgan fingerprint density at radius 1 is 0.727 bits per heavy atom. The summed E-state index contributed by atoms with van der Waals surface area (Å²) in [6.07, 6.45) is 0. The molecule has 0 bridgehead atoms. The maximum atomic E-state index is 2.42. The lowest BCUT2D eigenvalue weighted by Crippen LogP contribution is -2.88. The molecule has 11 heavy (non-hydrogen) atoms. The second-order valence-electron chi connectivity index (χ2n) is 5.82. The summed E-state index contributed by atoms with van der Waals surface area (Å²) in [5.74, 6) is 0. The van der Waals surface area contributed by atoms with Gasteiger partial charge in [-0.3, -0.25) is 0 Å². The van der Waals surface area contributed by atoms with Gasteiger partial charge in [0, 0.05) is 10.8 Å². The Morgan fingerprint density at radius 2 is 1.00 bits per heavy atom. The molecule has 2 N–H and O–H groups in total. The van der Waals surface area contributed by atoms with Gasteiger partial charge in [-0.1, -0.05) is 41.5 Å². The van der Waals surface area contributed by atoms with E-state index in [1.54, 1.807) is 0 Å². The van der Waals surface area contributed by atoms with Crippen molar-refractivity contribution in [1.82, 2.24) is 0 Å².